The molecule has 1 aromatic carbocycles. The van der Waals surface area contributed by atoms with Crippen LogP contribution in [0.1, 0.15) is 18.4 Å². The van der Waals surface area contributed by atoms with Crippen LogP contribution >= 0.6 is 0 Å². The van der Waals surface area contributed by atoms with Crippen molar-refractivity contribution in [3.05, 3.63) is 33.9 Å². The Kier molecular flexibility index (Phi) is 4.11. The maximum Gasteiger partial charge on any atom is 0.292 e. The Bertz CT molecular complexity index is 431. The van der Waals surface area contributed by atoms with Gasteiger partial charge in [0.25, 0.3) is 5.69 Å². The van der Waals surface area contributed by atoms with Crippen molar-refractivity contribution in [2.24, 2.45) is 0 Å². The molecule has 98 valence electrons. The highest BCUT2D eigenvalue weighted by molar-refractivity contribution is 5.63. The van der Waals surface area contributed by atoms with Crippen LogP contribution in [0.15, 0.2) is 18.2 Å². The highest BCUT2D eigenvalue weighted by Gasteiger charge is 2.19. The summed E-state index contributed by atoms with van der Waals surface area (Å²) in [4.78, 5) is 10.6. The number of hydrogen-bond acceptors (Lipinski definition) is 5. The van der Waals surface area contributed by atoms with Crippen LogP contribution in [-0.2, 0) is 6.61 Å². The van der Waals surface area contributed by atoms with Crippen LogP contribution < -0.4 is 10.6 Å². The molecule has 0 amide bonds. The normalized spacial score (nSPS) is 19.5. The molecular formula is C12H17N3O3. The first-order valence-corrected chi connectivity index (χ1v) is 6.06. The second-order valence-electron chi connectivity index (χ2n) is 4.45. The van der Waals surface area contributed by atoms with Crippen LogP contribution in [0.25, 0.3) is 0 Å². The van der Waals surface area contributed by atoms with Gasteiger partial charge in [-0.3, -0.25) is 10.1 Å². The van der Waals surface area contributed by atoms with Crippen molar-refractivity contribution in [2.75, 3.05) is 18.4 Å². The van der Waals surface area contributed by atoms with E-state index in [1.165, 1.54) is 6.07 Å². The minimum absolute atomic E-state index is 0.0205. The molecule has 0 spiro atoms. The van der Waals surface area contributed by atoms with Crippen molar-refractivity contribution < 1.29 is 10.0 Å². The van der Waals surface area contributed by atoms with Gasteiger partial charge in [-0.1, -0.05) is 6.07 Å². The van der Waals surface area contributed by atoms with E-state index in [9.17, 15) is 10.1 Å². The number of benzene rings is 1. The van der Waals surface area contributed by atoms with E-state index in [0.717, 1.165) is 25.9 Å². The maximum absolute atomic E-state index is 11.0. The Morgan fingerprint density at radius 1 is 1.56 bits per heavy atom. The van der Waals surface area contributed by atoms with Gasteiger partial charge in [0.1, 0.15) is 5.69 Å². The molecule has 0 aromatic heterocycles. The highest BCUT2D eigenvalue weighted by Crippen LogP contribution is 2.27. The molecule has 0 radical (unpaired) electrons. The molecule has 3 N–H and O–H groups in total. The monoisotopic (exact) mass is 251 g/mol. The summed E-state index contributed by atoms with van der Waals surface area (Å²) >= 11 is 0. The van der Waals surface area contributed by atoms with Crippen LogP contribution in [0.5, 0.6) is 0 Å². The number of aliphatic hydroxyl groups excluding tert-OH is 1. The fraction of sp³-hybridized carbons (Fsp3) is 0.500. The van der Waals surface area contributed by atoms with Crippen molar-refractivity contribution in [3.8, 4) is 0 Å². The van der Waals surface area contributed by atoms with E-state index < -0.39 is 4.92 Å². The third kappa shape index (κ3) is 2.96. The molecule has 1 saturated heterocycles. The maximum atomic E-state index is 11.0. The molecule has 6 nitrogen and oxygen atoms in total. The second-order valence-corrected chi connectivity index (χ2v) is 4.45. The number of anilines is 1. The van der Waals surface area contributed by atoms with E-state index >= 15 is 0 Å². The second kappa shape index (κ2) is 5.79. The van der Waals surface area contributed by atoms with Gasteiger partial charge in [-0.05, 0) is 31.0 Å². The van der Waals surface area contributed by atoms with Crippen molar-refractivity contribution in [1.29, 1.82) is 0 Å². The van der Waals surface area contributed by atoms with Crippen molar-refractivity contribution in [3.63, 3.8) is 0 Å². The summed E-state index contributed by atoms with van der Waals surface area (Å²) in [5, 5.41) is 26.5. The summed E-state index contributed by atoms with van der Waals surface area (Å²) in [5.41, 5.74) is 1.09. The summed E-state index contributed by atoms with van der Waals surface area (Å²) in [6.07, 6.45) is 2.08. The Morgan fingerprint density at radius 3 is 3.00 bits per heavy atom. The van der Waals surface area contributed by atoms with E-state index in [-0.39, 0.29) is 18.3 Å². The van der Waals surface area contributed by atoms with E-state index in [0.29, 0.717) is 11.3 Å². The average molecular weight is 251 g/mol. The number of nitro groups is 1. The smallest absolute Gasteiger partial charge is 0.292 e. The highest BCUT2D eigenvalue weighted by atomic mass is 16.6. The molecule has 1 heterocycles. The van der Waals surface area contributed by atoms with Crippen LogP contribution in [0.2, 0.25) is 0 Å². The lowest BCUT2D eigenvalue weighted by Crippen LogP contribution is -2.38. The van der Waals surface area contributed by atoms with Gasteiger partial charge in [-0.25, -0.2) is 0 Å². The quantitative estimate of drug-likeness (QED) is 0.553. The molecule has 18 heavy (non-hydrogen) atoms. The third-order valence-electron chi connectivity index (χ3n) is 3.10. The van der Waals surface area contributed by atoms with Gasteiger partial charge < -0.3 is 15.7 Å². The number of hydrogen-bond donors (Lipinski definition) is 3. The number of nitro benzene ring substituents is 1. The lowest BCUT2D eigenvalue weighted by atomic mass is 10.1. The molecule has 1 atom stereocenters. The average Bonchev–Trinajstić information content (AvgIpc) is 2.40. The topological polar surface area (TPSA) is 87.4 Å². The van der Waals surface area contributed by atoms with Gasteiger partial charge >= 0.3 is 0 Å². The number of rotatable bonds is 4. The van der Waals surface area contributed by atoms with Gasteiger partial charge in [-0.2, -0.15) is 0 Å². The molecule has 2 rings (SSSR count). The molecule has 1 aliphatic rings. The van der Waals surface area contributed by atoms with Crippen molar-refractivity contribution >= 4 is 11.4 Å². The summed E-state index contributed by atoms with van der Waals surface area (Å²) in [6, 6.07) is 5.00. The lowest BCUT2D eigenvalue weighted by molar-refractivity contribution is -0.384. The summed E-state index contributed by atoms with van der Waals surface area (Å²) in [5.74, 6) is 0. The number of nitrogens with zero attached hydrogens (tertiary/aromatic N) is 1. The van der Waals surface area contributed by atoms with Gasteiger partial charge in [-0.15, -0.1) is 0 Å². The van der Waals surface area contributed by atoms with E-state index in [2.05, 4.69) is 10.6 Å². The van der Waals surface area contributed by atoms with Crippen LogP contribution in [0, 0.1) is 10.1 Å². The largest absolute Gasteiger partial charge is 0.392 e. The Labute approximate surface area is 105 Å². The first kappa shape index (κ1) is 12.8. The Balaban J connectivity index is 2.17. The van der Waals surface area contributed by atoms with Crippen LogP contribution in [0.4, 0.5) is 11.4 Å². The summed E-state index contributed by atoms with van der Waals surface area (Å²) < 4.78 is 0. The molecule has 1 fully saturated rings. The molecule has 0 unspecified atom stereocenters. The summed E-state index contributed by atoms with van der Waals surface area (Å²) in [6.45, 7) is 1.63. The SMILES string of the molecule is O=[N+]([O-])c1cc(CO)ccc1N[C@@H]1CCCNC1. The van der Waals surface area contributed by atoms with Crippen LogP contribution in [-0.4, -0.2) is 29.2 Å². The van der Waals surface area contributed by atoms with Gasteiger partial charge in [0, 0.05) is 18.7 Å². The molecule has 6 heteroatoms. The molecular weight excluding hydrogens is 234 g/mol. The van der Waals surface area contributed by atoms with Gasteiger partial charge in [0.05, 0.1) is 11.5 Å². The molecule has 1 aliphatic heterocycles. The first-order chi connectivity index (χ1) is 8.70. The zero-order valence-corrected chi connectivity index (χ0v) is 10.1. The zero-order chi connectivity index (χ0) is 13.0. The van der Waals surface area contributed by atoms with Crippen molar-refractivity contribution in [1.82, 2.24) is 5.32 Å². The summed E-state index contributed by atoms with van der Waals surface area (Å²) in [7, 11) is 0. The van der Waals surface area contributed by atoms with Gasteiger partial charge in [0.15, 0.2) is 0 Å². The number of aliphatic hydroxyl groups is 1. The Hall–Kier alpha value is -1.66. The number of piperidine rings is 1. The van der Waals surface area contributed by atoms with Crippen molar-refractivity contribution in [2.45, 2.75) is 25.5 Å². The van der Waals surface area contributed by atoms with E-state index in [4.69, 9.17) is 5.11 Å². The standard InChI is InChI=1S/C12H17N3O3/c16-8-9-3-4-11(12(6-9)15(17)18)14-10-2-1-5-13-7-10/h3-4,6,10,13-14,16H,1-2,5,7-8H2/t10-/m1/s1. The van der Waals surface area contributed by atoms with Crippen LogP contribution in [0.3, 0.4) is 0 Å². The third-order valence-corrected chi connectivity index (χ3v) is 3.10. The Morgan fingerprint density at radius 2 is 2.39 bits per heavy atom. The molecule has 0 bridgehead atoms. The molecule has 1 aromatic rings. The lowest BCUT2D eigenvalue weighted by Gasteiger charge is -2.24. The van der Waals surface area contributed by atoms with E-state index in [1.54, 1.807) is 12.1 Å². The fourth-order valence-electron chi connectivity index (χ4n) is 2.14. The zero-order valence-electron chi connectivity index (χ0n) is 10.1. The predicted molar refractivity (Wildman–Crippen MR) is 68.5 cm³/mol. The molecule has 0 aliphatic carbocycles. The fourth-order valence-corrected chi connectivity index (χ4v) is 2.14. The van der Waals surface area contributed by atoms with E-state index in [1.807, 2.05) is 0 Å². The predicted octanol–water partition coefficient (Wildman–Crippen LogP) is 1.25. The first-order valence-electron chi connectivity index (χ1n) is 6.06. The van der Waals surface area contributed by atoms with Gasteiger partial charge in [0.2, 0.25) is 0 Å². The number of nitrogens with one attached hydrogen (secondary N) is 2. The minimum Gasteiger partial charge on any atom is -0.392 e. The minimum atomic E-state index is -0.419. The molecule has 0 saturated carbocycles.